The van der Waals surface area contributed by atoms with E-state index in [1.807, 2.05) is 0 Å². The Morgan fingerprint density at radius 2 is 0.696 bits per heavy atom. The molecule has 0 amide bonds. The maximum absolute atomic E-state index is 2.41. The molecule has 0 spiro atoms. The van der Waals surface area contributed by atoms with Crippen LogP contribution in [0.2, 0.25) is 0 Å². The van der Waals surface area contributed by atoms with Crippen LogP contribution in [-0.2, 0) is 17.1 Å². The maximum atomic E-state index is 2.41. The van der Waals surface area contributed by atoms with Crippen molar-refractivity contribution in [3.05, 3.63) is 91.0 Å². The normalized spacial score (nSPS) is 9.78. The maximum Gasteiger partial charge on any atom is 2.00 e. The van der Waals surface area contributed by atoms with Crippen molar-refractivity contribution in [2.45, 2.75) is 0 Å². The summed E-state index contributed by atoms with van der Waals surface area (Å²) < 4.78 is 0. The average Bonchev–Trinajstić information content (AvgIpc) is 2.56. The first-order valence-corrected chi connectivity index (χ1v) is 9.09. The van der Waals surface area contributed by atoms with E-state index in [1.54, 1.807) is 0 Å². The predicted octanol–water partition coefficient (Wildman–Crippen LogP) is -2.38. The summed E-state index contributed by atoms with van der Waals surface area (Å²) in [7, 11) is -1.53. The van der Waals surface area contributed by atoms with Crippen LogP contribution >= 0.6 is 7.26 Å². The van der Waals surface area contributed by atoms with Crippen LogP contribution in [0.1, 0.15) is 0 Å². The smallest absolute Gasteiger partial charge is 1.00 e. The van der Waals surface area contributed by atoms with Crippen LogP contribution in [0.25, 0.3) is 0 Å². The van der Waals surface area contributed by atoms with E-state index in [9.17, 15) is 0 Å². The Balaban J connectivity index is 0.00000161. The monoisotopic (exact) mass is 402 g/mol. The molecule has 3 rings (SSSR count). The quantitative estimate of drug-likeness (QED) is 0.339. The van der Waals surface area contributed by atoms with E-state index in [4.69, 9.17) is 0 Å². The molecule has 0 N–H and O–H groups in total. The van der Waals surface area contributed by atoms with Crippen molar-refractivity contribution in [1.29, 1.82) is 0 Å². The van der Waals surface area contributed by atoms with E-state index in [2.05, 4.69) is 97.7 Å². The number of hydrogen-bond acceptors (Lipinski definition) is 0. The molecule has 0 fully saturated rings. The summed E-state index contributed by atoms with van der Waals surface area (Å²) in [5.74, 6) is 0. The van der Waals surface area contributed by atoms with Gasteiger partial charge in [-0.05, 0) is 36.4 Å². The van der Waals surface area contributed by atoms with Crippen molar-refractivity contribution in [3.8, 4) is 0 Å². The molecule has 0 bridgehead atoms. The fourth-order valence-corrected chi connectivity index (χ4v) is 5.83. The minimum atomic E-state index is -1.53. The fraction of sp³-hybridized carbons (Fsp3) is 0.0526. The van der Waals surface area contributed by atoms with Crippen LogP contribution in [0.15, 0.2) is 91.0 Å². The molecule has 119 valence electrons. The molecule has 0 heterocycles. The first kappa shape index (κ1) is 22.2. The zero-order valence-electron chi connectivity index (χ0n) is 12.7. The number of benzene rings is 3. The molecular weight excluding hydrogens is 385 g/mol. The third-order valence-electron chi connectivity index (χ3n) is 3.82. The van der Waals surface area contributed by atoms with Crippen molar-refractivity contribution in [2.75, 3.05) is 6.66 Å². The van der Waals surface area contributed by atoms with Gasteiger partial charge in [-0.1, -0.05) is 54.6 Å². The molecule has 0 aliphatic rings. The van der Waals surface area contributed by atoms with Gasteiger partial charge in [0.25, 0.3) is 0 Å². The summed E-state index contributed by atoms with van der Waals surface area (Å²) in [6.07, 6.45) is 0. The summed E-state index contributed by atoms with van der Waals surface area (Å²) in [4.78, 5) is 0. The van der Waals surface area contributed by atoms with Gasteiger partial charge in [0.05, 0.1) is 6.66 Å². The first-order valence-electron chi connectivity index (χ1n) is 6.85. The molecule has 0 saturated heterocycles. The zero-order chi connectivity index (χ0) is 13.8. The van der Waals surface area contributed by atoms with Gasteiger partial charge in [-0.25, -0.2) is 0 Å². The Morgan fingerprint density at radius 1 is 0.478 bits per heavy atom. The molecule has 4 heteroatoms. The number of halogens is 2. The molecule has 1 radical (unpaired) electrons. The second kappa shape index (κ2) is 10.1. The number of hydrogen-bond donors (Lipinski definition) is 0. The van der Waals surface area contributed by atoms with Crippen LogP contribution < -0.4 is 40.7 Å². The van der Waals surface area contributed by atoms with E-state index in [-0.39, 0.29) is 41.9 Å². The summed E-state index contributed by atoms with van der Waals surface area (Å²) in [6.45, 7) is 2.41. The molecule has 3 aromatic carbocycles. The van der Waals surface area contributed by atoms with Gasteiger partial charge in [-0.2, -0.15) is 0 Å². The van der Waals surface area contributed by atoms with Crippen LogP contribution in [0.3, 0.4) is 0 Å². The van der Waals surface area contributed by atoms with Crippen molar-refractivity contribution in [2.24, 2.45) is 0 Å². The van der Waals surface area contributed by atoms with E-state index >= 15 is 0 Å². The van der Waals surface area contributed by atoms with Crippen LogP contribution in [0.5, 0.6) is 0 Å². The van der Waals surface area contributed by atoms with E-state index in [0.29, 0.717) is 0 Å². The Hall–Kier alpha value is -0.811. The molecule has 0 nitrogen and oxygen atoms in total. The molecule has 0 atom stereocenters. The minimum Gasteiger partial charge on any atom is -1.00 e. The zero-order valence-corrected chi connectivity index (χ0v) is 16.3. The van der Waals surface area contributed by atoms with E-state index in [1.165, 1.54) is 15.9 Å². The Labute approximate surface area is 162 Å². The third kappa shape index (κ3) is 4.60. The SMILES string of the molecule is C[P+](c1ccccc1)(c1ccccc1)c1ccccc1.[Cl-].[Cl-].[Mn+2]. The van der Waals surface area contributed by atoms with Gasteiger partial charge in [0.2, 0.25) is 0 Å². The largest absolute Gasteiger partial charge is 2.00 e. The van der Waals surface area contributed by atoms with Gasteiger partial charge in [0.1, 0.15) is 23.2 Å². The van der Waals surface area contributed by atoms with Gasteiger partial charge in [0.15, 0.2) is 0 Å². The van der Waals surface area contributed by atoms with Crippen molar-refractivity contribution >= 4 is 23.2 Å². The van der Waals surface area contributed by atoms with Crippen molar-refractivity contribution < 1.29 is 41.9 Å². The molecule has 0 unspecified atom stereocenters. The average molecular weight is 403 g/mol. The summed E-state index contributed by atoms with van der Waals surface area (Å²) in [5, 5.41) is 4.28. The van der Waals surface area contributed by atoms with E-state index in [0.717, 1.165) is 0 Å². The predicted molar refractivity (Wildman–Crippen MR) is 91.1 cm³/mol. The Morgan fingerprint density at radius 3 is 0.913 bits per heavy atom. The van der Waals surface area contributed by atoms with Crippen LogP contribution in [0, 0.1) is 0 Å². The summed E-state index contributed by atoms with van der Waals surface area (Å²) >= 11 is 0. The van der Waals surface area contributed by atoms with Crippen molar-refractivity contribution in [1.82, 2.24) is 0 Å². The van der Waals surface area contributed by atoms with Crippen molar-refractivity contribution in [3.63, 3.8) is 0 Å². The van der Waals surface area contributed by atoms with Gasteiger partial charge < -0.3 is 24.8 Å². The molecule has 0 aromatic heterocycles. The fourth-order valence-electron chi connectivity index (χ4n) is 2.63. The summed E-state index contributed by atoms with van der Waals surface area (Å²) in [5.41, 5.74) is 0. The third-order valence-corrected chi connectivity index (χ3v) is 7.81. The molecule has 23 heavy (non-hydrogen) atoms. The molecule has 3 aromatic rings. The molecular formula is C19H18Cl2MnP+. The van der Waals surface area contributed by atoms with Crippen LogP contribution in [0.4, 0.5) is 0 Å². The second-order valence-corrected chi connectivity index (χ2v) is 8.57. The topological polar surface area (TPSA) is 0 Å². The standard InChI is InChI=1S/C19H18P.2ClH.Mn/c1-20(17-11-5-2-6-12-17,18-13-7-3-8-14-18)19-15-9-4-10-16-19;;;/h2-16H,1H3;2*1H;/q+1;;;+2/p-2. The minimum absolute atomic E-state index is 0. The summed E-state index contributed by atoms with van der Waals surface area (Å²) in [6, 6.07) is 32.6. The van der Waals surface area contributed by atoms with E-state index < -0.39 is 7.26 Å². The Kier molecular flexibility index (Phi) is 9.78. The molecule has 0 aliphatic heterocycles. The first-order chi connectivity index (χ1) is 9.82. The van der Waals surface area contributed by atoms with Gasteiger partial charge in [-0.15, -0.1) is 0 Å². The second-order valence-electron chi connectivity index (χ2n) is 5.01. The molecule has 0 aliphatic carbocycles. The van der Waals surface area contributed by atoms with Crippen LogP contribution in [-0.4, -0.2) is 6.66 Å². The number of rotatable bonds is 3. The van der Waals surface area contributed by atoms with Gasteiger partial charge >= 0.3 is 17.1 Å². The van der Waals surface area contributed by atoms with Gasteiger partial charge in [-0.3, -0.25) is 0 Å². The van der Waals surface area contributed by atoms with Gasteiger partial charge in [0, 0.05) is 0 Å². The molecule has 0 saturated carbocycles. The Bertz CT molecular complexity index is 579.